The lowest BCUT2D eigenvalue weighted by Gasteiger charge is -2.25. The number of carbonyl (C=O) groups excluding carboxylic acids is 2. The number of amides is 1. The molecule has 1 aliphatic rings. The lowest BCUT2D eigenvalue weighted by Crippen LogP contribution is -2.31. The van der Waals surface area contributed by atoms with Crippen molar-refractivity contribution < 1.29 is 19.4 Å². The molecular weight excluding hydrogens is 464 g/mol. The van der Waals surface area contributed by atoms with E-state index in [1.807, 2.05) is 36.5 Å². The van der Waals surface area contributed by atoms with Crippen molar-refractivity contribution in [2.24, 2.45) is 0 Å². The fourth-order valence-corrected chi connectivity index (χ4v) is 4.74. The van der Waals surface area contributed by atoms with Crippen molar-refractivity contribution in [1.82, 2.24) is 9.88 Å². The highest BCUT2D eigenvalue weighted by Crippen LogP contribution is 2.40. The zero-order valence-electron chi connectivity index (χ0n) is 19.0. The normalized spacial score (nSPS) is 17.3. The number of benzene rings is 3. The molecule has 1 fully saturated rings. The maximum Gasteiger partial charge on any atom is 0.295 e. The summed E-state index contributed by atoms with van der Waals surface area (Å²) in [6.07, 6.45) is 2.47. The number of ketones is 1. The Morgan fingerprint density at radius 1 is 1.06 bits per heavy atom. The molecule has 1 unspecified atom stereocenters. The van der Waals surface area contributed by atoms with E-state index in [2.05, 4.69) is 4.98 Å². The van der Waals surface area contributed by atoms with E-state index in [-0.39, 0.29) is 11.3 Å². The number of aliphatic hydroxyl groups excluding tert-OH is 1. The molecule has 3 aromatic carbocycles. The number of nitrogens with one attached hydrogen (secondary N) is 1. The Bertz CT molecular complexity index is 1460. The zero-order valence-corrected chi connectivity index (χ0v) is 19.8. The lowest BCUT2D eigenvalue weighted by atomic mass is 9.95. The van der Waals surface area contributed by atoms with Gasteiger partial charge in [0.2, 0.25) is 0 Å². The van der Waals surface area contributed by atoms with Crippen LogP contribution >= 0.6 is 11.6 Å². The van der Waals surface area contributed by atoms with Gasteiger partial charge in [-0.2, -0.15) is 0 Å². The predicted molar refractivity (Wildman–Crippen MR) is 135 cm³/mol. The number of hydrogen-bond acceptors (Lipinski definition) is 4. The highest BCUT2D eigenvalue weighted by Gasteiger charge is 2.46. The number of nitrogens with zero attached hydrogens (tertiary/aromatic N) is 1. The molecule has 176 valence electrons. The van der Waals surface area contributed by atoms with Gasteiger partial charge in [-0.05, 0) is 60.0 Å². The van der Waals surface area contributed by atoms with Crippen molar-refractivity contribution in [2.45, 2.75) is 12.5 Å². The van der Waals surface area contributed by atoms with E-state index in [0.29, 0.717) is 34.9 Å². The molecule has 5 rings (SSSR count). The molecule has 2 N–H and O–H groups in total. The van der Waals surface area contributed by atoms with E-state index in [9.17, 15) is 14.7 Å². The van der Waals surface area contributed by atoms with Gasteiger partial charge in [0, 0.05) is 34.2 Å². The molecule has 2 heterocycles. The topological polar surface area (TPSA) is 82.6 Å². The highest BCUT2D eigenvalue weighted by molar-refractivity contribution is 6.46. The number of fused-ring (bicyclic) bond motifs is 1. The Kier molecular flexibility index (Phi) is 6.05. The van der Waals surface area contributed by atoms with E-state index in [4.69, 9.17) is 16.3 Å². The Morgan fingerprint density at radius 3 is 2.60 bits per heavy atom. The molecule has 4 aromatic rings. The van der Waals surface area contributed by atoms with E-state index < -0.39 is 17.7 Å². The van der Waals surface area contributed by atoms with Crippen LogP contribution in [0.15, 0.2) is 84.6 Å². The number of likely N-dealkylation sites (tertiary alicyclic amines) is 1. The van der Waals surface area contributed by atoms with Gasteiger partial charge < -0.3 is 19.7 Å². The third kappa shape index (κ3) is 4.17. The van der Waals surface area contributed by atoms with Crippen LogP contribution in [0.3, 0.4) is 0 Å². The van der Waals surface area contributed by atoms with E-state index >= 15 is 0 Å². The zero-order chi connectivity index (χ0) is 24.5. The number of aromatic amines is 1. The van der Waals surface area contributed by atoms with Crippen molar-refractivity contribution in [2.75, 3.05) is 13.7 Å². The molecule has 0 radical (unpaired) electrons. The number of aromatic nitrogens is 1. The first-order chi connectivity index (χ1) is 17.0. The summed E-state index contributed by atoms with van der Waals surface area (Å²) < 4.78 is 5.38. The van der Waals surface area contributed by atoms with Crippen molar-refractivity contribution in [1.29, 1.82) is 0 Å². The molecule has 0 saturated carbocycles. The van der Waals surface area contributed by atoms with E-state index in [1.54, 1.807) is 49.6 Å². The van der Waals surface area contributed by atoms with Crippen LogP contribution in [0.4, 0.5) is 0 Å². The standard InChI is InChI=1S/C28H23ClN2O4/c1-35-21-6-4-5-18(15-21)25-24(26(32)17-9-11-20(29)12-10-17)27(33)28(34)31(25)14-13-19-16-30-23-8-3-2-7-22(19)23/h2-12,15-16,25,30,32H,13-14H2,1H3/b26-24-. The van der Waals surface area contributed by atoms with Gasteiger partial charge >= 0.3 is 0 Å². The molecule has 1 atom stereocenters. The van der Waals surface area contributed by atoms with Crippen LogP contribution in [0.25, 0.3) is 16.7 Å². The fourth-order valence-electron chi connectivity index (χ4n) is 4.61. The van der Waals surface area contributed by atoms with Crippen LogP contribution in [0.2, 0.25) is 5.02 Å². The number of H-pyrrole nitrogens is 1. The lowest BCUT2D eigenvalue weighted by molar-refractivity contribution is -0.139. The first-order valence-electron chi connectivity index (χ1n) is 11.2. The molecule has 7 heteroatoms. The summed E-state index contributed by atoms with van der Waals surface area (Å²) in [6.45, 7) is 0.297. The minimum absolute atomic E-state index is 0.0458. The number of rotatable bonds is 6. The molecule has 1 aromatic heterocycles. The van der Waals surface area contributed by atoms with Gasteiger partial charge in [0.05, 0.1) is 18.7 Å². The third-order valence-electron chi connectivity index (χ3n) is 6.36. The number of para-hydroxylation sites is 1. The second-order valence-corrected chi connectivity index (χ2v) is 8.82. The summed E-state index contributed by atoms with van der Waals surface area (Å²) in [4.78, 5) is 31.3. The maximum absolute atomic E-state index is 13.2. The molecule has 6 nitrogen and oxygen atoms in total. The molecular formula is C28H23ClN2O4. The van der Waals surface area contributed by atoms with Gasteiger partial charge in [-0.15, -0.1) is 0 Å². The summed E-state index contributed by atoms with van der Waals surface area (Å²) in [7, 11) is 1.56. The number of halogens is 1. The molecule has 35 heavy (non-hydrogen) atoms. The number of Topliss-reactive ketones (excluding diaryl/α,β-unsaturated/α-hetero) is 1. The fraction of sp³-hybridized carbons (Fsp3) is 0.143. The van der Waals surface area contributed by atoms with Gasteiger partial charge in [-0.3, -0.25) is 9.59 Å². The summed E-state index contributed by atoms with van der Waals surface area (Å²) in [5, 5.41) is 12.7. The quantitative estimate of drug-likeness (QED) is 0.214. The van der Waals surface area contributed by atoms with Crippen LogP contribution in [-0.2, 0) is 16.0 Å². The smallest absolute Gasteiger partial charge is 0.295 e. The van der Waals surface area contributed by atoms with Crippen molar-refractivity contribution in [3.63, 3.8) is 0 Å². The van der Waals surface area contributed by atoms with Crippen molar-refractivity contribution in [3.8, 4) is 5.75 Å². The van der Waals surface area contributed by atoms with Crippen molar-refractivity contribution in [3.05, 3.63) is 106 Å². The van der Waals surface area contributed by atoms with Crippen LogP contribution in [0.1, 0.15) is 22.7 Å². The third-order valence-corrected chi connectivity index (χ3v) is 6.62. The maximum atomic E-state index is 13.2. The SMILES string of the molecule is COc1cccc(C2/C(=C(/O)c3ccc(Cl)cc3)C(=O)C(=O)N2CCc2c[nH]c3ccccc23)c1. The van der Waals surface area contributed by atoms with E-state index in [0.717, 1.165) is 16.5 Å². The van der Waals surface area contributed by atoms with Crippen LogP contribution in [-0.4, -0.2) is 40.3 Å². The van der Waals surface area contributed by atoms with E-state index in [1.165, 1.54) is 4.90 Å². The second-order valence-electron chi connectivity index (χ2n) is 8.39. The number of carbonyl (C=O) groups is 2. The van der Waals surface area contributed by atoms with Gasteiger partial charge in [0.15, 0.2) is 0 Å². The van der Waals surface area contributed by atoms with Gasteiger partial charge in [0.25, 0.3) is 11.7 Å². The van der Waals surface area contributed by atoms with Crippen LogP contribution < -0.4 is 4.74 Å². The molecule has 0 spiro atoms. The summed E-state index contributed by atoms with van der Waals surface area (Å²) in [5.41, 5.74) is 3.20. The molecule has 1 saturated heterocycles. The Morgan fingerprint density at radius 2 is 1.83 bits per heavy atom. The Labute approximate surface area is 207 Å². The van der Waals surface area contributed by atoms with Crippen LogP contribution in [0.5, 0.6) is 5.75 Å². The minimum Gasteiger partial charge on any atom is -0.507 e. The van der Waals surface area contributed by atoms with Gasteiger partial charge in [-0.1, -0.05) is 41.9 Å². The first kappa shape index (κ1) is 22.7. The number of aliphatic hydroxyl groups is 1. The van der Waals surface area contributed by atoms with Crippen molar-refractivity contribution >= 4 is 40.0 Å². The molecule has 0 aliphatic carbocycles. The number of ether oxygens (including phenoxy) is 1. The Hall–Kier alpha value is -4.03. The average Bonchev–Trinajstić information content (AvgIpc) is 3.41. The summed E-state index contributed by atoms with van der Waals surface area (Å²) >= 11 is 6.00. The monoisotopic (exact) mass is 486 g/mol. The summed E-state index contributed by atoms with van der Waals surface area (Å²) in [5.74, 6) is -1.00. The molecule has 1 amide bonds. The minimum atomic E-state index is -0.758. The first-order valence-corrected chi connectivity index (χ1v) is 11.6. The van der Waals surface area contributed by atoms with Gasteiger partial charge in [-0.25, -0.2) is 0 Å². The number of hydrogen-bond donors (Lipinski definition) is 2. The van der Waals surface area contributed by atoms with Gasteiger partial charge in [0.1, 0.15) is 11.5 Å². The summed E-state index contributed by atoms with van der Waals surface area (Å²) in [6, 6.07) is 20.9. The largest absolute Gasteiger partial charge is 0.507 e. The number of methoxy groups -OCH3 is 1. The highest BCUT2D eigenvalue weighted by atomic mass is 35.5. The molecule has 0 bridgehead atoms. The molecule has 1 aliphatic heterocycles. The Balaban J connectivity index is 1.58. The second kappa shape index (κ2) is 9.31. The average molecular weight is 487 g/mol. The van der Waals surface area contributed by atoms with Crippen LogP contribution in [0, 0.1) is 0 Å². The predicted octanol–water partition coefficient (Wildman–Crippen LogP) is 5.49.